The number of ether oxygens (including phenoxy) is 1. The van der Waals surface area contributed by atoms with Gasteiger partial charge in [0.2, 0.25) is 5.91 Å². The maximum atomic E-state index is 12.0. The number of rotatable bonds is 6. The normalized spacial score (nSPS) is 14.7. The highest BCUT2D eigenvalue weighted by Gasteiger charge is 2.45. The Labute approximate surface area is 155 Å². The number of carbonyl (C=O) groups is 4. The van der Waals surface area contributed by atoms with Crippen molar-refractivity contribution in [3.8, 4) is 0 Å². The molecule has 1 aromatic rings. The Morgan fingerprint density at radius 1 is 1.23 bits per heavy atom. The van der Waals surface area contributed by atoms with Crippen LogP contribution in [0.5, 0.6) is 0 Å². The molecule has 1 saturated carbocycles. The van der Waals surface area contributed by atoms with Crippen LogP contribution in [0.15, 0.2) is 18.2 Å². The second kappa shape index (κ2) is 8.18. The molecule has 2 rings (SSSR count). The second-order valence-corrected chi connectivity index (χ2v) is 6.46. The summed E-state index contributed by atoms with van der Waals surface area (Å²) in [5, 5.41) is 4.96. The van der Waals surface area contributed by atoms with Crippen molar-refractivity contribution >= 4 is 41.0 Å². The van der Waals surface area contributed by atoms with Gasteiger partial charge in [-0.15, -0.1) is 0 Å². The second-order valence-electron chi connectivity index (χ2n) is 6.05. The van der Waals surface area contributed by atoms with E-state index >= 15 is 0 Å². The van der Waals surface area contributed by atoms with Crippen molar-refractivity contribution in [3.63, 3.8) is 0 Å². The van der Waals surface area contributed by atoms with Crippen LogP contribution in [0.25, 0.3) is 0 Å². The largest absolute Gasteiger partial charge is 0.466 e. The summed E-state index contributed by atoms with van der Waals surface area (Å²) in [6.45, 7) is 2.00. The first kappa shape index (κ1) is 19.7. The number of carbonyl (C=O) groups excluding carboxylic acids is 4. The van der Waals surface area contributed by atoms with Gasteiger partial charge in [-0.3, -0.25) is 19.2 Å². The van der Waals surface area contributed by atoms with Gasteiger partial charge >= 0.3 is 17.8 Å². The van der Waals surface area contributed by atoms with Gasteiger partial charge in [-0.05, 0) is 38.0 Å². The van der Waals surface area contributed by atoms with E-state index in [1.54, 1.807) is 6.92 Å². The molecule has 3 amide bonds. The van der Waals surface area contributed by atoms with Crippen molar-refractivity contribution < 1.29 is 23.9 Å². The minimum absolute atomic E-state index is 0.0283. The maximum Gasteiger partial charge on any atom is 0.313 e. The van der Waals surface area contributed by atoms with Crippen LogP contribution in [0.1, 0.15) is 36.5 Å². The zero-order valence-corrected chi connectivity index (χ0v) is 15.0. The fraction of sp³-hybridized carbons (Fsp3) is 0.412. The molecule has 8 nitrogen and oxygen atoms in total. The van der Waals surface area contributed by atoms with Gasteiger partial charge < -0.3 is 21.1 Å². The van der Waals surface area contributed by atoms with E-state index in [4.69, 9.17) is 22.1 Å². The molecule has 1 fully saturated rings. The predicted molar refractivity (Wildman–Crippen MR) is 94.5 cm³/mol. The molecule has 4 N–H and O–H groups in total. The van der Waals surface area contributed by atoms with Crippen LogP contribution in [-0.2, 0) is 19.1 Å². The maximum absolute atomic E-state index is 12.0. The number of halogens is 1. The lowest BCUT2D eigenvalue weighted by Crippen LogP contribution is -2.50. The van der Waals surface area contributed by atoms with Crippen LogP contribution >= 0.6 is 11.6 Å². The summed E-state index contributed by atoms with van der Waals surface area (Å²) in [5.74, 6) is -2.94. The average molecular weight is 382 g/mol. The molecular weight excluding hydrogens is 362 g/mol. The molecule has 0 atom stereocenters. The standard InChI is InChI=1S/C17H20ClN3O5/c1-2-26-16(25)17(6-3-7-17)9-20-14(23)15(24)21-10-4-5-12(18)11(8-10)13(19)22/h4-5,8H,2-3,6-7,9H2,1H3,(H2,19,22)(H,20,23)(H,21,24). The SMILES string of the molecule is CCOC(=O)C1(CNC(=O)C(=O)Nc2ccc(Cl)c(C(N)=O)c2)CCC1. The minimum atomic E-state index is -0.930. The molecular formula is C17H20ClN3O5. The molecule has 0 aromatic heterocycles. The van der Waals surface area contributed by atoms with E-state index in [0.717, 1.165) is 6.42 Å². The fourth-order valence-electron chi connectivity index (χ4n) is 2.65. The van der Waals surface area contributed by atoms with Crippen molar-refractivity contribution in [2.75, 3.05) is 18.5 Å². The number of esters is 1. The highest BCUT2D eigenvalue weighted by molar-refractivity contribution is 6.40. The lowest BCUT2D eigenvalue weighted by Gasteiger charge is -2.39. The first-order valence-electron chi connectivity index (χ1n) is 8.15. The third-order valence-corrected chi connectivity index (χ3v) is 4.63. The van der Waals surface area contributed by atoms with E-state index in [1.165, 1.54) is 18.2 Å². The summed E-state index contributed by atoms with van der Waals surface area (Å²) in [7, 11) is 0. The zero-order valence-electron chi connectivity index (χ0n) is 14.3. The predicted octanol–water partition coefficient (Wildman–Crippen LogP) is 1.23. The molecule has 0 bridgehead atoms. The third kappa shape index (κ3) is 4.32. The van der Waals surface area contributed by atoms with Gasteiger partial charge in [-0.2, -0.15) is 0 Å². The topological polar surface area (TPSA) is 128 Å². The highest BCUT2D eigenvalue weighted by Crippen LogP contribution is 2.41. The summed E-state index contributed by atoms with van der Waals surface area (Å²) in [5.41, 5.74) is 4.66. The van der Waals surface area contributed by atoms with Crippen molar-refractivity contribution in [2.24, 2.45) is 11.1 Å². The molecule has 1 aromatic carbocycles. The number of benzene rings is 1. The molecule has 0 unspecified atom stereocenters. The number of amides is 3. The summed E-state index contributed by atoms with van der Waals surface area (Å²) in [6, 6.07) is 4.10. The minimum Gasteiger partial charge on any atom is -0.466 e. The number of primary amides is 1. The first-order chi connectivity index (χ1) is 12.3. The van der Waals surface area contributed by atoms with Crippen molar-refractivity contribution in [3.05, 3.63) is 28.8 Å². The van der Waals surface area contributed by atoms with Gasteiger partial charge in [0.15, 0.2) is 0 Å². The lowest BCUT2D eigenvalue weighted by molar-refractivity contribution is -0.161. The van der Waals surface area contributed by atoms with Crippen LogP contribution < -0.4 is 16.4 Å². The number of hydrogen-bond donors (Lipinski definition) is 3. The molecule has 9 heteroatoms. The third-order valence-electron chi connectivity index (χ3n) is 4.30. The Bertz CT molecular complexity index is 746. The van der Waals surface area contributed by atoms with Crippen molar-refractivity contribution in [2.45, 2.75) is 26.2 Å². The van der Waals surface area contributed by atoms with E-state index in [2.05, 4.69) is 10.6 Å². The van der Waals surface area contributed by atoms with E-state index < -0.39 is 23.1 Å². The van der Waals surface area contributed by atoms with Crippen LogP contribution in [0.2, 0.25) is 5.02 Å². The van der Waals surface area contributed by atoms with Gasteiger partial charge in [-0.1, -0.05) is 18.0 Å². The Morgan fingerprint density at radius 2 is 1.92 bits per heavy atom. The molecule has 140 valence electrons. The number of anilines is 1. The Hall–Kier alpha value is -2.61. The summed E-state index contributed by atoms with van der Waals surface area (Å²) in [6.07, 6.45) is 2.07. The molecule has 0 heterocycles. The molecule has 1 aliphatic rings. The van der Waals surface area contributed by atoms with Crippen LogP contribution in [0.4, 0.5) is 5.69 Å². The number of hydrogen-bond acceptors (Lipinski definition) is 5. The summed E-state index contributed by atoms with van der Waals surface area (Å²) in [4.78, 5) is 47.3. The van der Waals surface area contributed by atoms with E-state index in [-0.39, 0.29) is 35.4 Å². The van der Waals surface area contributed by atoms with Crippen LogP contribution in [0.3, 0.4) is 0 Å². The molecule has 26 heavy (non-hydrogen) atoms. The average Bonchev–Trinajstić information content (AvgIpc) is 2.55. The molecule has 1 aliphatic carbocycles. The Balaban J connectivity index is 1.96. The van der Waals surface area contributed by atoms with E-state index in [1.807, 2.05) is 0 Å². The zero-order chi connectivity index (χ0) is 19.3. The number of nitrogens with two attached hydrogens (primary N) is 1. The molecule has 0 spiro atoms. The quantitative estimate of drug-likeness (QED) is 0.504. The highest BCUT2D eigenvalue weighted by atomic mass is 35.5. The molecule has 0 radical (unpaired) electrons. The molecule has 0 saturated heterocycles. The van der Waals surface area contributed by atoms with E-state index in [0.29, 0.717) is 12.8 Å². The Kier molecular flexibility index (Phi) is 6.20. The van der Waals surface area contributed by atoms with Gasteiger partial charge in [-0.25, -0.2) is 0 Å². The summed E-state index contributed by atoms with van der Waals surface area (Å²) >= 11 is 5.83. The first-order valence-corrected chi connectivity index (χ1v) is 8.52. The van der Waals surface area contributed by atoms with Gasteiger partial charge in [0.05, 0.1) is 22.6 Å². The Morgan fingerprint density at radius 3 is 2.46 bits per heavy atom. The number of nitrogens with one attached hydrogen (secondary N) is 2. The van der Waals surface area contributed by atoms with Crippen molar-refractivity contribution in [1.29, 1.82) is 0 Å². The van der Waals surface area contributed by atoms with Gasteiger partial charge in [0, 0.05) is 12.2 Å². The summed E-state index contributed by atoms with van der Waals surface area (Å²) < 4.78 is 5.04. The fourth-order valence-corrected chi connectivity index (χ4v) is 2.86. The van der Waals surface area contributed by atoms with Crippen molar-refractivity contribution in [1.82, 2.24) is 5.32 Å². The van der Waals surface area contributed by atoms with Crippen LogP contribution in [-0.4, -0.2) is 36.8 Å². The van der Waals surface area contributed by atoms with Gasteiger partial charge in [0.25, 0.3) is 0 Å². The monoisotopic (exact) mass is 381 g/mol. The van der Waals surface area contributed by atoms with Gasteiger partial charge in [0.1, 0.15) is 0 Å². The smallest absolute Gasteiger partial charge is 0.313 e. The lowest BCUT2D eigenvalue weighted by atomic mass is 9.68. The van der Waals surface area contributed by atoms with Crippen LogP contribution in [0, 0.1) is 5.41 Å². The van der Waals surface area contributed by atoms with E-state index in [9.17, 15) is 19.2 Å². The molecule has 0 aliphatic heterocycles.